The maximum Gasteiger partial charge on any atom is 0.138 e. The van der Waals surface area contributed by atoms with Crippen molar-refractivity contribution in [3.8, 4) is 78.5 Å². The predicted octanol–water partition coefficient (Wildman–Crippen LogP) is 19.1. The number of benzene rings is 10. The van der Waals surface area contributed by atoms with Gasteiger partial charge in [-0.3, -0.25) is 4.57 Å². The third-order valence-corrected chi connectivity index (χ3v) is 14.5. The number of nitrogens with zero attached hydrogens (tertiary/aromatic N) is 4. The van der Waals surface area contributed by atoms with Crippen LogP contribution in [-0.4, -0.2) is 19.1 Å². The summed E-state index contributed by atoms with van der Waals surface area (Å²) in [6.45, 7) is 0. The van der Waals surface area contributed by atoms with E-state index >= 15 is 0 Å². The van der Waals surface area contributed by atoms with Crippen LogP contribution >= 0.6 is 15.9 Å². The van der Waals surface area contributed by atoms with E-state index in [9.17, 15) is 0 Å². The van der Waals surface area contributed by atoms with E-state index in [1.807, 2.05) is 42.5 Å². The Bertz CT molecular complexity index is 4210. The maximum absolute atomic E-state index is 5.33. The number of hydrogen-bond donors (Lipinski definition) is 0. The van der Waals surface area contributed by atoms with Crippen molar-refractivity contribution in [3.63, 3.8) is 0 Å². The molecule has 0 saturated heterocycles. The van der Waals surface area contributed by atoms with Crippen molar-refractivity contribution >= 4 is 59.5 Å². The van der Waals surface area contributed by atoms with E-state index in [2.05, 4.69) is 273 Å². The average Bonchev–Trinajstić information content (AvgIpc) is 4.05. The lowest BCUT2D eigenvalue weighted by Crippen LogP contribution is -2.00. The first-order valence-electron chi connectivity index (χ1n) is 25.2. The summed E-state index contributed by atoms with van der Waals surface area (Å²) >= 11 is 3.50. The van der Waals surface area contributed by atoms with E-state index in [0.29, 0.717) is 0 Å². The van der Waals surface area contributed by atoms with Gasteiger partial charge in [0.05, 0.1) is 33.5 Å². The Kier molecular flexibility index (Phi) is 12.0. The summed E-state index contributed by atoms with van der Waals surface area (Å²) in [5.74, 6) is 0.897. The molecule has 4 nitrogen and oxygen atoms in total. The van der Waals surface area contributed by atoms with Gasteiger partial charge in [0.15, 0.2) is 0 Å². The lowest BCUT2D eigenvalue weighted by molar-refractivity contribution is 1.08. The highest BCUT2D eigenvalue weighted by molar-refractivity contribution is 9.10. The van der Waals surface area contributed by atoms with Gasteiger partial charge in [-0.15, -0.1) is 0 Å². The van der Waals surface area contributed by atoms with E-state index in [0.717, 1.165) is 60.8 Å². The summed E-state index contributed by atoms with van der Waals surface area (Å²) in [6, 6.07) is 101. The van der Waals surface area contributed by atoms with Gasteiger partial charge in [-0.25, -0.2) is 9.97 Å². The number of pyridine rings is 2. The molecule has 14 rings (SSSR count). The quantitative estimate of drug-likeness (QED) is 0.142. The molecule has 4 aromatic heterocycles. The van der Waals surface area contributed by atoms with Gasteiger partial charge >= 0.3 is 0 Å². The second-order valence-electron chi connectivity index (χ2n) is 18.7. The zero-order valence-corrected chi connectivity index (χ0v) is 42.4. The number of halogens is 1. The number of rotatable bonds is 8. The molecule has 354 valence electrons. The fraction of sp³-hybridized carbons (Fsp3) is 0. The molecule has 0 saturated carbocycles. The Balaban J connectivity index is 0.000000239. The molecule has 0 bridgehead atoms. The Morgan fingerprint density at radius 2 is 0.640 bits per heavy atom. The van der Waals surface area contributed by atoms with E-state index in [4.69, 9.17) is 4.98 Å². The van der Waals surface area contributed by atoms with E-state index in [-0.39, 0.29) is 0 Å². The van der Waals surface area contributed by atoms with Gasteiger partial charge in [-0.1, -0.05) is 218 Å². The molecule has 0 fully saturated rings. The van der Waals surface area contributed by atoms with E-state index in [1.165, 1.54) is 66.0 Å². The highest BCUT2D eigenvalue weighted by Crippen LogP contribution is 2.40. The van der Waals surface area contributed by atoms with Crippen molar-refractivity contribution in [2.45, 2.75) is 0 Å². The maximum atomic E-state index is 5.33. The van der Waals surface area contributed by atoms with Crippen LogP contribution in [0.4, 0.5) is 0 Å². The second-order valence-corrected chi connectivity index (χ2v) is 19.5. The minimum absolute atomic E-state index is 0.854. The van der Waals surface area contributed by atoms with Crippen molar-refractivity contribution in [2.24, 2.45) is 0 Å². The highest BCUT2D eigenvalue weighted by atomic mass is 79.9. The molecule has 75 heavy (non-hydrogen) atoms. The van der Waals surface area contributed by atoms with Gasteiger partial charge in [0, 0.05) is 38.4 Å². The average molecular weight is 1020 g/mol. The lowest BCUT2D eigenvalue weighted by atomic mass is 10.0. The Morgan fingerprint density at radius 3 is 1.23 bits per heavy atom. The molecule has 10 aromatic carbocycles. The first-order valence-corrected chi connectivity index (χ1v) is 26.0. The van der Waals surface area contributed by atoms with E-state index in [1.54, 1.807) is 0 Å². The zero-order chi connectivity index (χ0) is 50.1. The molecule has 0 aliphatic rings. The van der Waals surface area contributed by atoms with Crippen molar-refractivity contribution < 1.29 is 0 Å². The first-order chi connectivity index (χ1) is 37.1. The van der Waals surface area contributed by atoms with Gasteiger partial charge < -0.3 is 4.57 Å². The summed E-state index contributed by atoms with van der Waals surface area (Å²) in [5.41, 5.74) is 19.4. The Labute approximate surface area is 444 Å². The molecular formula is C70H47BrN4. The first kappa shape index (κ1) is 45.4. The highest BCUT2D eigenvalue weighted by Gasteiger charge is 2.18. The van der Waals surface area contributed by atoms with Gasteiger partial charge in [0.25, 0.3) is 0 Å². The molecule has 0 aliphatic carbocycles. The molecule has 0 spiro atoms. The fourth-order valence-electron chi connectivity index (χ4n) is 10.5. The van der Waals surface area contributed by atoms with Crippen LogP contribution in [0.25, 0.3) is 122 Å². The summed E-state index contributed by atoms with van der Waals surface area (Å²) < 4.78 is 5.59. The zero-order valence-electron chi connectivity index (χ0n) is 40.8. The normalized spacial score (nSPS) is 11.3. The van der Waals surface area contributed by atoms with E-state index < -0.39 is 0 Å². The number of para-hydroxylation sites is 2. The van der Waals surface area contributed by atoms with Crippen LogP contribution in [0.5, 0.6) is 0 Å². The van der Waals surface area contributed by atoms with Crippen LogP contribution in [0, 0.1) is 0 Å². The largest absolute Gasteiger partial charge is 0.309 e. The topological polar surface area (TPSA) is 35.6 Å². The van der Waals surface area contributed by atoms with Crippen LogP contribution in [-0.2, 0) is 0 Å². The second kappa shape index (κ2) is 19.9. The van der Waals surface area contributed by atoms with Crippen LogP contribution in [0.3, 0.4) is 0 Å². The van der Waals surface area contributed by atoms with Gasteiger partial charge in [0.2, 0.25) is 0 Å². The molecule has 4 heterocycles. The molecule has 0 N–H and O–H groups in total. The van der Waals surface area contributed by atoms with Crippen molar-refractivity contribution in [1.29, 1.82) is 0 Å². The predicted molar refractivity (Wildman–Crippen MR) is 317 cm³/mol. The van der Waals surface area contributed by atoms with Gasteiger partial charge in [-0.05, 0) is 127 Å². The van der Waals surface area contributed by atoms with Crippen LogP contribution in [0.15, 0.2) is 290 Å². The van der Waals surface area contributed by atoms with Gasteiger partial charge in [0.1, 0.15) is 10.4 Å². The third kappa shape index (κ3) is 8.90. The van der Waals surface area contributed by atoms with Crippen LogP contribution in [0.2, 0.25) is 0 Å². The molecule has 14 aromatic rings. The summed E-state index contributed by atoms with van der Waals surface area (Å²) in [7, 11) is 0. The molecule has 0 atom stereocenters. The number of fused-ring (bicyclic) bond motifs is 6. The number of aromatic nitrogens is 4. The molecule has 0 radical (unpaired) electrons. The van der Waals surface area contributed by atoms with Crippen molar-refractivity contribution in [3.05, 3.63) is 290 Å². The van der Waals surface area contributed by atoms with Crippen LogP contribution < -0.4 is 0 Å². The summed E-state index contributed by atoms with van der Waals surface area (Å²) in [6.07, 6.45) is 0. The van der Waals surface area contributed by atoms with Crippen LogP contribution in [0.1, 0.15) is 0 Å². The lowest BCUT2D eigenvalue weighted by Gasteiger charge is -2.13. The molecule has 0 amide bonds. The minimum Gasteiger partial charge on any atom is -0.309 e. The number of hydrogen-bond acceptors (Lipinski definition) is 2. The molecule has 5 heteroatoms. The summed E-state index contributed by atoms with van der Waals surface area (Å²) in [4.78, 5) is 9.87. The molecule has 0 aliphatic heterocycles. The third-order valence-electron chi connectivity index (χ3n) is 14.1. The molecular weight excluding hydrogens is 977 g/mol. The molecule has 0 unspecified atom stereocenters. The Hall–Kier alpha value is -9.42. The smallest absolute Gasteiger partial charge is 0.138 e. The van der Waals surface area contributed by atoms with Gasteiger partial charge in [-0.2, -0.15) is 0 Å². The Morgan fingerprint density at radius 1 is 0.240 bits per heavy atom. The summed E-state index contributed by atoms with van der Waals surface area (Å²) in [5, 5.41) is 4.89. The SMILES string of the molecule is Brc1cc(-c2ccccc2)cc(-c2ccccc2)n1.c1ccc(-c2ccc(-n3c4ccccc4c4ccc(-c5ccc6c(c5)c5ccccc5n6-c5cc(-c6ccccc6)cc(-c6ccccc6)n5)cc43)cc2)cc1. The van der Waals surface area contributed by atoms with Crippen molar-refractivity contribution in [1.82, 2.24) is 19.1 Å². The standard InChI is InChI=1S/C53H35N3.C17H12BrN/c1-4-14-36(15-5-1)38-24-28-43(29-25-38)55-49-22-12-10-20-44(49)46-30-26-41(34-52(46)55)40-27-31-51-47(32-40)45-21-11-13-23-50(45)56(51)53-35-42(37-16-6-2-7-17-37)33-48(54-53)39-18-8-3-9-19-39;18-17-12-15(13-7-3-1-4-8-13)11-16(19-17)14-9-5-2-6-10-14/h1-35H;1-12H. The van der Waals surface area contributed by atoms with Crippen molar-refractivity contribution in [2.75, 3.05) is 0 Å². The monoisotopic (exact) mass is 1020 g/mol. The fourth-order valence-corrected chi connectivity index (χ4v) is 10.9. The minimum atomic E-state index is 0.854.